The Balaban J connectivity index is 1.82. The normalized spacial score (nSPS) is 13.5. The Morgan fingerprint density at radius 1 is 1.00 bits per heavy atom. The molecule has 2 aromatic carbocycles. The van der Waals surface area contributed by atoms with Crippen LogP contribution in [0.15, 0.2) is 42.5 Å². The number of para-hydroxylation sites is 2. The van der Waals surface area contributed by atoms with E-state index in [4.69, 9.17) is 9.47 Å². The summed E-state index contributed by atoms with van der Waals surface area (Å²) in [4.78, 5) is 16.9. The Morgan fingerprint density at radius 3 is 2.42 bits per heavy atom. The van der Waals surface area contributed by atoms with Gasteiger partial charge in [0.1, 0.15) is 0 Å². The maximum Gasteiger partial charge on any atom is 0.231 e. The monoisotopic (exact) mass is 326 g/mol. The molecular formula is C19H22N2O3. The van der Waals surface area contributed by atoms with Gasteiger partial charge in [-0.2, -0.15) is 0 Å². The number of hydrogen-bond acceptors (Lipinski definition) is 4. The van der Waals surface area contributed by atoms with Crippen LogP contribution in [0.4, 0.5) is 11.4 Å². The van der Waals surface area contributed by atoms with Crippen molar-refractivity contribution in [2.45, 2.75) is 6.42 Å². The van der Waals surface area contributed by atoms with Crippen LogP contribution in [0.1, 0.15) is 5.56 Å². The Bertz CT molecular complexity index is 745. The van der Waals surface area contributed by atoms with Crippen molar-refractivity contribution in [1.29, 1.82) is 0 Å². The van der Waals surface area contributed by atoms with E-state index >= 15 is 0 Å². The van der Waals surface area contributed by atoms with Gasteiger partial charge in [0.2, 0.25) is 5.91 Å². The Morgan fingerprint density at radius 2 is 1.71 bits per heavy atom. The van der Waals surface area contributed by atoms with Crippen LogP contribution in [0.5, 0.6) is 11.5 Å². The highest BCUT2D eigenvalue weighted by atomic mass is 16.5. The van der Waals surface area contributed by atoms with Crippen LogP contribution in [0, 0.1) is 0 Å². The van der Waals surface area contributed by atoms with E-state index in [-0.39, 0.29) is 5.91 Å². The summed E-state index contributed by atoms with van der Waals surface area (Å²) in [5, 5.41) is 0. The third-order valence-electron chi connectivity index (χ3n) is 4.35. The van der Waals surface area contributed by atoms with Gasteiger partial charge >= 0.3 is 0 Å². The van der Waals surface area contributed by atoms with Crippen LogP contribution in [0.25, 0.3) is 0 Å². The van der Waals surface area contributed by atoms with Crippen molar-refractivity contribution in [2.75, 3.05) is 44.2 Å². The lowest BCUT2D eigenvalue weighted by Crippen LogP contribution is -2.43. The van der Waals surface area contributed by atoms with E-state index in [1.807, 2.05) is 47.4 Å². The lowest BCUT2D eigenvalue weighted by atomic mass is 10.1. The molecule has 1 heterocycles. The number of methoxy groups -OCH3 is 2. The summed E-state index contributed by atoms with van der Waals surface area (Å²) in [6, 6.07) is 13.6. The highest BCUT2D eigenvalue weighted by Gasteiger charge is 2.24. The minimum absolute atomic E-state index is 0.0859. The fourth-order valence-corrected chi connectivity index (χ4v) is 3.03. The topological polar surface area (TPSA) is 42.0 Å². The smallest absolute Gasteiger partial charge is 0.231 e. The van der Waals surface area contributed by atoms with E-state index in [1.165, 1.54) is 0 Å². The molecule has 0 aromatic heterocycles. The summed E-state index contributed by atoms with van der Waals surface area (Å²) >= 11 is 0. The summed E-state index contributed by atoms with van der Waals surface area (Å²) in [6.45, 7) is 1.52. The fraction of sp³-hybridized carbons (Fsp3) is 0.316. The molecule has 0 saturated carbocycles. The third-order valence-corrected chi connectivity index (χ3v) is 4.35. The summed E-state index contributed by atoms with van der Waals surface area (Å²) in [5.74, 6) is 1.39. The second-order valence-corrected chi connectivity index (χ2v) is 5.82. The number of carbonyl (C=O) groups excluding carboxylic acids is 1. The Hall–Kier alpha value is -2.69. The number of likely N-dealkylation sites (N-methyl/N-ethyl adjacent to an activating group) is 1. The molecular weight excluding hydrogens is 304 g/mol. The second-order valence-electron chi connectivity index (χ2n) is 5.82. The van der Waals surface area contributed by atoms with Crippen molar-refractivity contribution in [3.63, 3.8) is 0 Å². The molecule has 126 valence electrons. The van der Waals surface area contributed by atoms with Crippen molar-refractivity contribution in [3.8, 4) is 11.5 Å². The molecule has 3 rings (SSSR count). The van der Waals surface area contributed by atoms with E-state index in [2.05, 4.69) is 11.9 Å². The molecule has 0 aliphatic carbocycles. The standard InChI is InChI=1S/C19H22N2O3/c1-20-10-11-21(16-7-5-4-6-15(16)20)19(22)13-14-8-9-17(23-2)18(12-14)24-3/h4-9,12H,10-11,13H2,1-3H3. The van der Waals surface area contributed by atoms with Gasteiger partial charge in [-0.3, -0.25) is 4.79 Å². The number of hydrogen-bond donors (Lipinski definition) is 0. The van der Waals surface area contributed by atoms with Gasteiger partial charge in [0.25, 0.3) is 0 Å². The number of ether oxygens (including phenoxy) is 2. The second kappa shape index (κ2) is 6.83. The maximum atomic E-state index is 12.8. The first-order valence-electron chi connectivity index (χ1n) is 7.95. The number of rotatable bonds is 4. The summed E-state index contributed by atoms with van der Waals surface area (Å²) in [6.07, 6.45) is 0.332. The molecule has 0 bridgehead atoms. The molecule has 0 unspecified atom stereocenters. The zero-order valence-corrected chi connectivity index (χ0v) is 14.3. The molecule has 5 heteroatoms. The molecule has 1 amide bonds. The summed E-state index contributed by atoms with van der Waals surface area (Å²) in [7, 11) is 5.25. The van der Waals surface area contributed by atoms with Crippen molar-refractivity contribution >= 4 is 17.3 Å². The molecule has 0 atom stereocenters. The number of amides is 1. The van der Waals surface area contributed by atoms with Gasteiger partial charge in [-0.15, -0.1) is 0 Å². The van der Waals surface area contributed by atoms with Crippen LogP contribution in [-0.2, 0) is 11.2 Å². The van der Waals surface area contributed by atoms with Gasteiger partial charge in [-0.05, 0) is 29.8 Å². The van der Waals surface area contributed by atoms with Crippen LogP contribution >= 0.6 is 0 Å². The van der Waals surface area contributed by atoms with Crippen LogP contribution in [0.3, 0.4) is 0 Å². The zero-order chi connectivity index (χ0) is 17.1. The highest BCUT2D eigenvalue weighted by molar-refractivity contribution is 5.98. The van der Waals surface area contributed by atoms with Gasteiger partial charge in [-0.1, -0.05) is 18.2 Å². The fourth-order valence-electron chi connectivity index (χ4n) is 3.03. The number of carbonyl (C=O) groups is 1. The predicted octanol–water partition coefficient (Wildman–Crippen LogP) is 2.73. The molecule has 0 N–H and O–H groups in total. The van der Waals surface area contributed by atoms with Gasteiger partial charge in [0.15, 0.2) is 11.5 Å². The molecule has 0 radical (unpaired) electrons. The van der Waals surface area contributed by atoms with E-state index in [0.717, 1.165) is 23.5 Å². The van der Waals surface area contributed by atoms with Crippen LogP contribution in [0.2, 0.25) is 0 Å². The molecule has 24 heavy (non-hydrogen) atoms. The number of fused-ring (bicyclic) bond motifs is 1. The summed E-state index contributed by atoms with van der Waals surface area (Å²) in [5.41, 5.74) is 2.97. The number of nitrogens with zero attached hydrogens (tertiary/aromatic N) is 2. The molecule has 2 aromatic rings. The average molecular weight is 326 g/mol. The van der Waals surface area contributed by atoms with Crippen molar-refractivity contribution < 1.29 is 14.3 Å². The van der Waals surface area contributed by atoms with Gasteiger partial charge in [0.05, 0.1) is 32.0 Å². The highest BCUT2D eigenvalue weighted by Crippen LogP contribution is 2.33. The van der Waals surface area contributed by atoms with E-state index < -0.39 is 0 Å². The molecule has 5 nitrogen and oxygen atoms in total. The molecule has 1 aliphatic heterocycles. The van der Waals surface area contributed by atoms with E-state index in [1.54, 1.807) is 14.2 Å². The Labute approximate surface area is 142 Å². The molecule has 0 fully saturated rings. The van der Waals surface area contributed by atoms with Crippen LogP contribution < -0.4 is 19.3 Å². The summed E-state index contributed by atoms with van der Waals surface area (Å²) < 4.78 is 10.6. The largest absolute Gasteiger partial charge is 0.493 e. The lowest BCUT2D eigenvalue weighted by molar-refractivity contribution is -0.118. The molecule has 0 saturated heterocycles. The predicted molar refractivity (Wildman–Crippen MR) is 95.3 cm³/mol. The SMILES string of the molecule is COc1ccc(CC(=O)N2CCN(C)c3ccccc32)cc1OC. The number of anilines is 2. The first kappa shape index (κ1) is 16.2. The molecule has 0 spiro atoms. The minimum Gasteiger partial charge on any atom is -0.493 e. The first-order valence-corrected chi connectivity index (χ1v) is 7.95. The van der Waals surface area contributed by atoms with Crippen molar-refractivity contribution in [1.82, 2.24) is 0 Å². The lowest BCUT2D eigenvalue weighted by Gasteiger charge is -2.35. The van der Waals surface area contributed by atoms with E-state index in [0.29, 0.717) is 24.5 Å². The van der Waals surface area contributed by atoms with Crippen molar-refractivity contribution in [2.24, 2.45) is 0 Å². The zero-order valence-electron chi connectivity index (χ0n) is 14.3. The first-order chi connectivity index (χ1) is 11.6. The number of benzene rings is 2. The molecule has 1 aliphatic rings. The van der Waals surface area contributed by atoms with Crippen molar-refractivity contribution in [3.05, 3.63) is 48.0 Å². The Kier molecular flexibility index (Phi) is 4.60. The van der Waals surface area contributed by atoms with E-state index in [9.17, 15) is 4.79 Å². The van der Waals surface area contributed by atoms with Gasteiger partial charge in [0, 0.05) is 20.1 Å². The quantitative estimate of drug-likeness (QED) is 0.866. The minimum atomic E-state index is 0.0859. The van der Waals surface area contributed by atoms with Crippen LogP contribution in [-0.4, -0.2) is 40.3 Å². The third kappa shape index (κ3) is 3.02. The average Bonchev–Trinajstić information content (AvgIpc) is 2.62. The maximum absolute atomic E-state index is 12.8. The van der Waals surface area contributed by atoms with Gasteiger partial charge < -0.3 is 19.3 Å². The van der Waals surface area contributed by atoms with Gasteiger partial charge in [-0.25, -0.2) is 0 Å².